The number of aryl methyl sites for hydroxylation is 2. The maximum absolute atomic E-state index is 11.3. The third-order valence-electron chi connectivity index (χ3n) is 2.96. The van der Waals surface area contributed by atoms with E-state index in [4.69, 9.17) is 28.9 Å². The lowest BCUT2D eigenvalue weighted by atomic mass is 9.99. The van der Waals surface area contributed by atoms with Crippen LogP contribution in [0.5, 0.6) is 0 Å². The second-order valence-electron chi connectivity index (χ2n) is 4.26. The highest BCUT2D eigenvalue weighted by molar-refractivity contribution is 6.35. The van der Waals surface area contributed by atoms with Crippen LogP contribution in [0.3, 0.4) is 0 Å². The molecule has 2 nitrogen and oxygen atoms in total. The molecule has 0 aliphatic carbocycles. The van der Waals surface area contributed by atoms with Gasteiger partial charge >= 0.3 is 0 Å². The fourth-order valence-corrected chi connectivity index (χ4v) is 2.48. The molecule has 2 rings (SSSR count). The van der Waals surface area contributed by atoms with Gasteiger partial charge in [-0.1, -0.05) is 47.5 Å². The molecule has 0 unspecified atom stereocenters. The maximum atomic E-state index is 11.3. The standard InChI is InChI=1S/C15H13Cl2NO/c16-12-8-7-11(14(17)9-12)6-5-10-3-1-2-4-13(10)15(18)19/h1-4,7-9H,5-6H2,(H2,18,19). The van der Waals surface area contributed by atoms with E-state index in [9.17, 15) is 4.79 Å². The first-order valence-electron chi connectivity index (χ1n) is 5.89. The molecule has 0 saturated carbocycles. The molecule has 0 aliphatic rings. The van der Waals surface area contributed by atoms with E-state index in [0.717, 1.165) is 17.5 Å². The van der Waals surface area contributed by atoms with Crippen LogP contribution < -0.4 is 5.73 Å². The Balaban J connectivity index is 2.17. The fourth-order valence-electron chi connectivity index (χ4n) is 1.97. The minimum Gasteiger partial charge on any atom is -0.366 e. The zero-order valence-corrected chi connectivity index (χ0v) is 11.7. The van der Waals surface area contributed by atoms with E-state index in [1.165, 1.54) is 0 Å². The van der Waals surface area contributed by atoms with E-state index in [2.05, 4.69) is 0 Å². The molecule has 0 aliphatic heterocycles. The maximum Gasteiger partial charge on any atom is 0.248 e. The number of nitrogens with two attached hydrogens (primary N) is 1. The van der Waals surface area contributed by atoms with Crippen molar-refractivity contribution in [3.63, 3.8) is 0 Å². The lowest BCUT2D eigenvalue weighted by Gasteiger charge is -2.08. The number of rotatable bonds is 4. The Morgan fingerprint density at radius 2 is 1.68 bits per heavy atom. The van der Waals surface area contributed by atoms with Crippen molar-refractivity contribution in [2.45, 2.75) is 12.8 Å². The number of halogens is 2. The van der Waals surface area contributed by atoms with E-state index >= 15 is 0 Å². The molecule has 0 fully saturated rings. The Morgan fingerprint density at radius 1 is 1.00 bits per heavy atom. The minimum atomic E-state index is -0.405. The van der Waals surface area contributed by atoms with Crippen molar-refractivity contribution in [1.82, 2.24) is 0 Å². The highest BCUT2D eigenvalue weighted by Gasteiger charge is 2.08. The second-order valence-corrected chi connectivity index (χ2v) is 5.10. The van der Waals surface area contributed by atoms with Gasteiger partial charge in [-0.3, -0.25) is 4.79 Å². The summed E-state index contributed by atoms with van der Waals surface area (Å²) in [6, 6.07) is 12.8. The van der Waals surface area contributed by atoms with Crippen LogP contribution in [-0.4, -0.2) is 5.91 Å². The van der Waals surface area contributed by atoms with E-state index < -0.39 is 5.91 Å². The quantitative estimate of drug-likeness (QED) is 0.913. The number of carbonyl (C=O) groups excluding carboxylic acids is 1. The van der Waals surface area contributed by atoms with Gasteiger partial charge in [-0.15, -0.1) is 0 Å². The molecular weight excluding hydrogens is 281 g/mol. The van der Waals surface area contributed by atoms with Gasteiger partial charge in [0.15, 0.2) is 0 Å². The van der Waals surface area contributed by atoms with Crippen LogP contribution in [0.15, 0.2) is 42.5 Å². The van der Waals surface area contributed by atoms with Crippen LogP contribution in [0.2, 0.25) is 10.0 Å². The van der Waals surface area contributed by atoms with Crippen LogP contribution in [0, 0.1) is 0 Å². The van der Waals surface area contributed by atoms with Crippen LogP contribution in [0.1, 0.15) is 21.5 Å². The molecular formula is C15H13Cl2NO. The Kier molecular flexibility index (Phi) is 4.46. The van der Waals surface area contributed by atoms with Crippen LogP contribution in [-0.2, 0) is 12.8 Å². The number of primary amides is 1. The number of amides is 1. The molecule has 2 N–H and O–H groups in total. The fraction of sp³-hybridized carbons (Fsp3) is 0.133. The largest absolute Gasteiger partial charge is 0.366 e. The number of hydrogen-bond donors (Lipinski definition) is 1. The van der Waals surface area contributed by atoms with Crippen molar-refractivity contribution >= 4 is 29.1 Å². The molecule has 98 valence electrons. The molecule has 19 heavy (non-hydrogen) atoms. The summed E-state index contributed by atoms with van der Waals surface area (Å²) in [7, 11) is 0. The third kappa shape index (κ3) is 3.49. The summed E-state index contributed by atoms with van der Waals surface area (Å²) in [5, 5.41) is 1.26. The van der Waals surface area contributed by atoms with Crippen molar-refractivity contribution in [1.29, 1.82) is 0 Å². The van der Waals surface area contributed by atoms with E-state index in [-0.39, 0.29) is 0 Å². The summed E-state index contributed by atoms with van der Waals surface area (Å²) < 4.78 is 0. The molecule has 2 aromatic carbocycles. The lowest BCUT2D eigenvalue weighted by molar-refractivity contribution is 0.0999. The highest BCUT2D eigenvalue weighted by atomic mass is 35.5. The van der Waals surface area contributed by atoms with Crippen LogP contribution >= 0.6 is 23.2 Å². The van der Waals surface area contributed by atoms with Gasteiger partial charge in [0.05, 0.1) is 0 Å². The third-order valence-corrected chi connectivity index (χ3v) is 3.55. The van der Waals surface area contributed by atoms with E-state index in [1.54, 1.807) is 18.2 Å². The first-order chi connectivity index (χ1) is 9.08. The van der Waals surface area contributed by atoms with Gasteiger partial charge in [-0.25, -0.2) is 0 Å². The van der Waals surface area contributed by atoms with Crippen molar-refractivity contribution in [3.8, 4) is 0 Å². The summed E-state index contributed by atoms with van der Waals surface area (Å²) >= 11 is 12.0. The predicted octanol–water partition coefficient (Wildman–Crippen LogP) is 3.88. The molecule has 2 aromatic rings. The minimum absolute atomic E-state index is 0.405. The Bertz CT molecular complexity index is 611. The van der Waals surface area contributed by atoms with Gasteiger partial charge in [0.25, 0.3) is 0 Å². The van der Waals surface area contributed by atoms with E-state index in [0.29, 0.717) is 22.0 Å². The van der Waals surface area contributed by atoms with Crippen molar-refractivity contribution in [3.05, 3.63) is 69.2 Å². The van der Waals surface area contributed by atoms with Gasteiger partial charge in [0, 0.05) is 15.6 Å². The Labute approximate surface area is 122 Å². The van der Waals surface area contributed by atoms with Gasteiger partial charge in [-0.2, -0.15) is 0 Å². The van der Waals surface area contributed by atoms with Crippen molar-refractivity contribution in [2.75, 3.05) is 0 Å². The average Bonchev–Trinajstić information content (AvgIpc) is 2.38. The zero-order valence-electron chi connectivity index (χ0n) is 10.2. The summed E-state index contributed by atoms with van der Waals surface area (Å²) in [6.45, 7) is 0. The normalized spacial score (nSPS) is 10.4. The molecule has 0 bridgehead atoms. The first kappa shape index (κ1) is 13.9. The van der Waals surface area contributed by atoms with Gasteiger partial charge in [0.2, 0.25) is 5.91 Å². The highest BCUT2D eigenvalue weighted by Crippen LogP contribution is 2.22. The Hall–Kier alpha value is -1.51. The van der Waals surface area contributed by atoms with Crippen LogP contribution in [0.25, 0.3) is 0 Å². The zero-order chi connectivity index (χ0) is 13.8. The number of hydrogen-bond acceptors (Lipinski definition) is 1. The Morgan fingerprint density at radius 3 is 2.37 bits per heavy atom. The molecule has 0 heterocycles. The summed E-state index contributed by atoms with van der Waals surface area (Å²) in [4.78, 5) is 11.3. The summed E-state index contributed by atoms with van der Waals surface area (Å²) in [6.07, 6.45) is 1.45. The van der Waals surface area contributed by atoms with Gasteiger partial charge in [-0.05, 0) is 42.2 Å². The van der Waals surface area contributed by atoms with Crippen molar-refractivity contribution < 1.29 is 4.79 Å². The van der Waals surface area contributed by atoms with E-state index in [1.807, 2.05) is 24.3 Å². The number of benzene rings is 2. The topological polar surface area (TPSA) is 43.1 Å². The van der Waals surface area contributed by atoms with Crippen LogP contribution in [0.4, 0.5) is 0 Å². The lowest BCUT2D eigenvalue weighted by Crippen LogP contribution is -2.14. The van der Waals surface area contributed by atoms with Gasteiger partial charge < -0.3 is 5.73 Å². The summed E-state index contributed by atoms with van der Waals surface area (Å²) in [5.74, 6) is -0.405. The summed E-state index contributed by atoms with van der Waals surface area (Å²) in [5.41, 5.74) is 7.85. The average molecular weight is 294 g/mol. The molecule has 1 amide bonds. The number of carbonyl (C=O) groups is 1. The molecule has 4 heteroatoms. The molecule has 0 radical (unpaired) electrons. The monoisotopic (exact) mass is 293 g/mol. The SMILES string of the molecule is NC(=O)c1ccccc1CCc1ccc(Cl)cc1Cl. The van der Waals surface area contributed by atoms with Crippen molar-refractivity contribution in [2.24, 2.45) is 5.73 Å². The van der Waals surface area contributed by atoms with Gasteiger partial charge in [0.1, 0.15) is 0 Å². The predicted molar refractivity (Wildman–Crippen MR) is 78.8 cm³/mol. The molecule has 0 atom stereocenters. The molecule has 0 aromatic heterocycles. The molecule has 0 saturated heterocycles. The first-order valence-corrected chi connectivity index (χ1v) is 6.65. The molecule has 0 spiro atoms. The smallest absolute Gasteiger partial charge is 0.248 e. The second kappa shape index (κ2) is 6.09.